The van der Waals surface area contributed by atoms with Gasteiger partial charge >= 0.3 is 0 Å². The zero-order valence-electron chi connectivity index (χ0n) is 7.38. The lowest BCUT2D eigenvalue weighted by atomic mass is 10.4. The van der Waals surface area contributed by atoms with Crippen LogP contribution in [0.1, 0.15) is 0 Å². The third-order valence-electron chi connectivity index (χ3n) is 1.57. The maximum absolute atomic E-state index is 11.0. The molecular formula is C8H7N3OS2. The topological polar surface area (TPSA) is 55.7 Å². The molecule has 0 aromatic carbocycles. The fraction of sp³-hybridized carbons (Fsp3) is 0.125. The maximum Gasteiger partial charge on any atom is 0.239 e. The summed E-state index contributed by atoms with van der Waals surface area (Å²) in [6, 6.07) is 3.88. The van der Waals surface area contributed by atoms with Crippen LogP contribution >= 0.6 is 11.3 Å². The second kappa shape index (κ2) is 3.93. The van der Waals surface area contributed by atoms with Gasteiger partial charge in [0.15, 0.2) is 0 Å². The quantitative estimate of drug-likeness (QED) is 0.774. The molecule has 0 spiro atoms. The van der Waals surface area contributed by atoms with Crippen molar-refractivity contribution in [2.75, 3.05) is 6.26 Å². The van der Waals surface area contributed by atoms with Crippen molar-refractivity contribution in [3.8, 4) is 10.6 Å². The van der Waals surface area contributed by atoms with Gasteiger partial charge in [-0.05, 0) is 11.4 Å². The molecular weight excluding hydrogens is 218 g/mol. The molecule has 0 aliphatic carbocycles. The van der Waals surface area contributed by atoms with Crippen molar-refractivity contribution in [2.45, 2.75) is 5.16 Å². The van der Waals surface area contributed by atoms with Gasteiger partial charge in [0.25, 0.3) is 0 Å². The highest BCUT2D eigenvalue weighted by atomic mass is 32.2. The Balaban J connectivity index is 2.36. The van der Waals surface area contributed by atoms with Crippen LogP contribution in [-0.2, 0) is 10.8 Å². The van der Waals surface area contributed by atoms with E-state index in [0.29, 0.717) is 5.69 Å². The van der Waals surface area contributed by atoms with Crippen LogP contribution in [0.5, 0.6) is 0 Å². The van der Waals surface area contributed by atoms with Crippen molar-refractivity contribution in [3.63, 3.8) is 0 Å². The van der Waals surface area contributed by atoms with Crippen LogP contribution in [0.3, 0.4) is 0 Å². The maximum atomic E-state index is 11.0. The Bertz CT molecular complexity index is 438. The fourth-order valence-corrected chi connectivity index (χ4v) is 1.97. The zero-order chi connectivity index (χ0) is 9.97. The second-order valence-electron chi connectivity index (χ2n) is 2.56. The van der Waals surface area contributed by atoms with Crippen molar-refractivity contribution < 1.29 is 4.21 Å². The standard InChI is InChI=1S/C8H7N3OS2/c1-14(12)8-9-5-6(10-11-8)7-3-2-4-13-7/h2-5H,1H3/t14-/m0/s1. The molecule has 0 saturated heterocycles. The van der Waals surface area contributed by atoms with Gasteiger partial charge in [-0.1, -0.05) is 6.07 Å². The van der Waals surface area contributed by atoms with Crippen LogP contribution in [0.15, 0.2) is 28.9 Å². The molecule has 0 aliphatic rings. The van der Waals surface area contributed by atoms with E-state index < -0.39 is 10.8 Å². The van der Waals surface area contributed by atoms with Crippen LogP contribution in [0, 0.1) is 0 Å². The molecule has 0 saturated carbocycles. The van der Waals surface area contributed by atoms with Crippen molar-refractivity contribution in [3.05, 3.63) is 23.7 Å². The number of nitrogens with zero attached hydrogens (tertiary/aromatic N) is 3. The van der Waals surface area contributed by atoms with Crippen LogP contribution < -0.4 is 0 Å². The fourth-order valence-electron chi connectivity index (χ4n) is 0.934. The normalized spacial score (nSPS) is 12.6. The van der Waals surface area contributed by atoms with Gasteiger partial charge in [-0.3, -0.25) is 4.21 Å². The lowest BCUT2D eigenvalue weighted by Gasteiger charge is -1.95. The summed E-state index contributed by atoms with van der Waals surface area (Å²) in [6.07, 6.45) is 3.12. The molecule has 4 nitrogen and oxygen atoms in total. The van der Waals surface area contributed by atoms with Gasteiger partial charge in [0, 0.05) is 6.26 Å². The summed E-state index contributed by atoms with van der Waals surface area (Å²) >= 11 is 1.57. The summed E-state index contributed by atoms with van der Waals surface area (Å²) in [4.78, 5) is 4.98. The van der Waals surface area contributed by atoms with E-state index in [1.54, 1.807) is 17.5 Å². The molecule has 0 amide bonds. The zero-order valence-corrected chi connectivity index (χ0v) is 9.01. The Hall–Kier alpha value is -1.14. The highest BCUT2D eigenvalue weighted by Gasteiger charge is 2.04. The molecule has 2 rings (SSSR count). The van der Waals surface area contributed by atoms with E-state index in [-0.39, 0.29) is 5.16 Å². The van der Waals surface area contributed by atoms with E-state index in [1.807, 2.05) is 17.5 Å². The molecule has 2 aromatic heterocycles. The predicted molar refractivity (Wildman–Crippen MR) is 55.5 cm³/mol. The summed E-state index contributed by atoms with van der Waals surface area (Å²) < 4.78 is 11.0. The molecule has 14 heavy (non-hydrogen) atoms. The van der Waals surface area contributed by atoms with Gasteiger partial charge in [-0.25, -0.2) is 4.98 Å². The lowest BCUT2D eigenvalue weighted by molar-refractivity contribution is 0.675. The van der Waals surface area contributed by atoms with Gasteiger partial charge in [0.1, 0.15) is 5.69 Å². The highest BCUT2D eigenvalue weighted by Crippen LogP contribution is 2.20. The molecule has 6 heteroatoms. The second-order valence-corrected chi connectivity index (χ2v) is 4.78. The molecule has 2 aromatic rings. The molecule has 0 radical (unpaired) electrons. The first-order valence-corrected chi connectivity index (χ1v) is 6.28. The first-order valence-electron chi connectivity index (χ1n) is 3.84. The van der Waals surface area contributed by atoms with Crippen LogP contribution in [0.4, 0.5) is 0 Å². The van der Waals surface area contributed by atoms with Crippen molar-refractivity contribution in [1.29, 1.82) is 0 Å². The lowest BCUT2D eigenvalue weighted by Crippen LogP contribution is -1.99. The van der Waals surface area contributed by atoms with E-state index in [4.69, 9.17) is 0 Å². The number of rotatable bonds is 2. The highest BCUT2D eigenvalue weighted by molar-refractivity contribution is 7.84. The Morgan fingerprint density at radius 1 is 1.43 bits per heavy atom. The average molecular weight is 225 g/mol. The van der Waals surface area contributed by atoms with Crippen molar-refractivity contribution in [1.82, 2.24) is 15.2 Å². The molecule has 0 bridgehead atoms. The van der Waals surface area contributed by atoms with Crippen LogP contribution in [-0.4, -0.2) is 25.6 Å². The van der Waals surface area contributed by atoms with E-state index >= 15 is 0 Å². The number of thiophene rings is 1. The van der Waals surface area contributed by atoms with E-state index in [9.17, 15) is 4.21 Å². The van der Waals surface area contributed by atoms with Crippen molar-refractivity contribution >= 4 is 22.1 Å². The number of aromatic nitrogens is 3. The predicted octanol–water partition coefficient (Wildman–Crippen LogP) is 1.34. The van der Waals surface area contributed by atoms with E-state index in [1.165, 1.54) is 6.26 Å². The molecule has 0 N–H and O–H groups in total. The van der Waals surface area contributed by atoms with E-state index in [0.717, 1.165) is 4.88 Å². The summed E-state index contributed by atoms with van der Waals surface area (Å²) in [6.45, 7) is 0. The molecule has 1 atom stereocenters. The first kappa shape index (κ1) is 9.42. The largest absolute Gasteiger partial charge is 0.251 e. The minimum Gasteiger partial charge on any atom is -0.251 e. The van der Waals surface area contributed by atoms with E-state index in [2.05, 4.69) is 15.2 Å². The van der Waals surface area contributed by atoms with Crippen LogP contribution in [0.2, 0.25) is 0 Å². The summed E-state index contributed by atoms with van der Waals surface area (Å²) in [5.74, 6) is 0. The molecule has 2 heterocycles. The Morgan fingerprint density at radius 3 is 2.79 bits per heavy atom. The summed E-state index contributed by atoms with van der Waals surface area (Å²) in [5, 5.41) is 9.96. The summed E-state index contributed by atoms with van der Waals surface area (Å²) in [5.41, 5.74) is 0.717. The molecule has 0 unspecified atom stereocenters. The van der Waals surface area contributed by atoms with Crippen LogP contribution in [0.25, 0.3) is 10.6 Å². The first-order chi connectivity index (χ1) is 6.77. The minimum absolute atomic E-state index is 0.269. The SMILES string of the molecule is C[S@](=O)c1ncc(-c2cccs2)nn1. The number of hydrogen-bond donors (Lipinski definition) is 0. The smallest absolute Gasteiger partial charge is 0.239 e. The third-order valence-corrected chi connectivity index (χ3v) is 3.16. The monoisotopic (exact) mass is 225 g/mol. The minimum atomic E-state index is -1.17. The number of hydrogen-bond acceptors (Lipinski definition) is 5. The van der Waals surface area contributed by atoms with Gasteiger partial charge in [0.2, 0.25) is 5.16 Å². The van der Waals surface area contributed by atoms with Gasteiger partial charge in [0.05, 0.1) is 21.9 Å². The Morgan fingerprint density at radius 2 is 2.29 bits per heavy atom. The Labute approximate surface area is 87.5 Å². The summed E-state index contributed by atoms with van der Waals surface area (Å²) in [7, 11) is -1.17. The third kappa shape index (κ3) is 1.85. The van der Waals surface area contributed by atoms with Crippen molar-refractivity contribution in [2.24, 2.45) is 0 Å². The average Bonchev–Trinajstić information content (AvgIpc) is 2.71. The molecule has 72 valence electrons. The van der Waals surface area contributed by atoms with Gasteiger partial charge in [-0.15, -0.1) is 21.5 Å². The van der Waals surface area contributed by atoms with Gasteiger partial charge < -0.3 is 0 Å². The molecule has 0 fully saturated rings. The van der Waals surface area contributed by atoms with Gasteiger partial charge in [-0.2, -0.15) is 0 Å². The molecule has 0 aliphatic heterocycles. The Kier molecular flexibility index (Phi) is 2.64.